The van der Waals surface area contributed by atoms with E-state index in [0.717, 1.165) is 25.7 Å². The van der Waals surface area contributed by atoms with Gasteiger partial charge in [0.2, 0.25) is 0 Å². The van der Waals surface area contributed by atoms with E-state index >= 15 is 0 Å². The van der Waals surface area contributed by atoms with Crippen molar-refractivity contribution in [1.29, 1.82) is 0 Å². The number of rotatable bonds is 9. The van der Waals surface area contributed by atoms with Gasteiger partial charge in [0, 0.05) is 24.8 Å². The maximum atomic E-state index is 14.7. The van der Waals surface area contributed by atoms with Crippen molar-refractivity contribution in [3.63, 3.8) is 0 Å². The number of pyridine rings is 1. The summed E-state index contributed by atoms with van der Waals surface area (Å²) >= 11 is 0. The summed E-state index contributed by atoms with van der Waals surface area (Å²) in [5.74, 6) is -0.606. The number of hydrogen-bond acceptors (Lipinski definition) is 7. The van der Waals surface area contributed by atoms with Crippen LogP contribution in [-0.2, 0) is 0 Å². The molecule has 1 aromatic carbocycles. The Morgan fingerprint density at radius 2 is 1.91 bits per heavy atom. The number of halogens is 1. The predicted molar refractivity (Wildman–Crippen MR) is 126 cm³/mol. The van der Waals surface area contributed by atoms with Crippen LogP contribution in [0, 0.1) is 5.82 Å². The van der Waals surface area contributed by atoms with Crippen LogP contribution in [-0.4, -0.2) is 51.3 Å². The number of anilines is 2. The van der Waals surface area contributed by atoms with Crippen molar-refractivity contribution in [2.75, 3.05) is 19.0 Å². The number of amides is 2. The highest BCUT2D eigenvalue weighted by molar-refractivity contribution is 6.02. The van der Waals surface area contributed by atoms with Crippen LogP contribution in [0.5, 0.6) is 5.75 Å². The van der Waals surface area contributed by atoms with Crippen molar-refractivity contribution >= 4 is 23.2 Å². The van der Waals surface area contributed by atoms with Gasteiger partial charge in [-0.2, -0.15) is 5.10 Å². The second kappa shape index (κ2) is 9.32. The molecule has 2 aliphatic carbocycles. The number of aromatic nitrogens is 4. The number of carbonyl (C=O) groups excluding carboxylic acids is 2. The van der Waals surface area contributed by atoms with Crippen LogP contribution < -0.4 is 20.7 Å². The summed E-state index contributed by atoms with van der Waals surface area (Å²) in [6, 6.07) is 4.52. The fourth-order valence-electron chi connectivity index (χ4n) is 3.74. The zero-order valence-corrected chi connectivity index (χ0v) is 19.5. The fourth-order valence-corrected chi connectivity index (χ4v) is 3.74. The van der Waals surface area contributed by atoms with E-state index in [9.17, 15) is 14.0 Å². The Morgan fingerprint density at radius 1 is 1.11 bits per heavy atom. The van der Waals surface area contributed by atoms with E-state index in [1.165, 1.54) is 31.5 Å². The molecule has 0 spiro atoms. The Labute approximate surface area is 201 Å². The normalized spacial score (nSPS) is 14.9. The molecule has 2 saturated carbocycles. The smallest absolute Gasteiger partial charge is 0.270 e. The van der Waals surface area contributed by atoms with Gasteiger partial charge in [-0.1, -0.05) is 0 Å². The molecule has 2 fully saturated rings. The summed E-state index contributed by atoms with van der Waals surface area (Å²) < 4.78 is 22.1. The highest BCUT2D eigenvalue weighted by Crippen LogP contribution is 2.39. The van der Waals surface area contributed by atoms with Gasteiger partial charge in [-0.3, -0.25) is 14.6 Å². The lowest BCUT2D eigenvalue weighted by molar-refractivity contribution is 0.0937. The van der Waals surface area contributed by atoms with Crippen molar-refractivity contribution in [3.05, 3.63) is 47.8 Å². The minimum Gasteiger partial charge on any atom is -0.494 e. The third kappa shape index (κ3) is 4.93. The number of methoxy groups -OCH3 is 1. The van der Waals surface area contributed by atoms with Gasteiger partial charge in [0.25, 0.3) is 11.8 Å². The van der Waals surface area contributed by atoms with Crippen LogP contribution in [0.25, 0.3) is 11.4 Å². The third-order valence-electron chi connectivity index (χ3n) is 5.83. The average molecular weight is 480 g/mol. The first kappa shape index (κ1) is 22.8. The lowest BCUT2D eigenvalue weighted by Gasteiger charge is -2.17. The summed E-state index contributed by atoms with van der Waals surface area (Å²) in [5.41, 5.74) is 1.27. The van der Waals surface area contributed by atoms with Crippen LogP contribution >= 0.6 is 0 Å². The Kier molecular flexibility index (Phi) is 6.06. The first-order chi connectivity index (χ1) is 17.0. The second-order valence-corrected chi connectivity index (χ2v) is 8.66. The van der Waals surface area contributed by atoms with Crippen LogP contribution in [0.15, 0.2) is 30.7 Å². The first-order valence-corrected chi connectivity index (χ1v) is 11.6. The van der Waals surface area contributed by atoms with E-state index in [-0.39, 0.29) is 34.8 Å². The van der Waals surface area contributed by atoms with Crippen molar-refractivity contribution in [3.8, 4) is 17.1 Å². The Balaban J connectivity index is 1.53. The Bertz CT molecular complexity index is 1280. The van der Waals surface area contributed by atoms with Crippen molar-refractivity contribution in [2.24, 2.45) is 0 Å². The molecule has 0 atom stereocenters. The highest BCUT2D eigenvalue weighted by Gasteiger charge is 2.27. The number of nitrogens with zero attached hydrogens (tertiary/aromatic N) is 4. The zero-order chi connectivity index (χ0) is 24.5. The van der Waals surface area contributed by atoms with E-state index in [1.807, 2.05) is 0 Å². The number of benzene rings is 1. The molecular formula is C24H26FN7O3. The summed E-state index contributed by atoms with van der Waals surface area (Å²) in [6.45, 7) is 2.20. The molecule has 35 heavy (non-hydrogen) atoms. The number of ether oxygens (including phenoxy) is 1. The summed E-state index contributed by atoms with van der Waals surface area (Å²) in [5, 5.41) is 13.2. The van der Waals surface area contributed by atoms with Gasteiger partial charge < -0.3 is 20.7 Å². The molecule has 0 aliphatic heterocycles. The van der Waals surface area contributed by atoms with Gasteiger partial charge in [0.05, 0.1) is 35.7 Å². The monoisotopic (exact) mass is 479 g/mol. The highest BCUT2D eigenvalue weighted by atomic mass is 19.1. The molecule has 5 rings (SSSR count). The second-order valence-electron chi connectivity index (χ2n) is 8.66. The largest absolute Gasteiger partial charge is 0.494 e. The molecule has 3 N–H and O–H groups in total. The van der Waals surface area contributed by atoms with Gasteiger partial charge in [-0.15, -0.1) is 0 Å². The molecule has 0 radical (unpaired) electrons. The average Bonchev–Trinajstić information content (AvgIpc) is 3.78. The van der Waals surface area contributed by atoms with Crippen LogP contribution in [0.4, 0.5) is 15.8 Å². The SMILES string of the molecule is CCNC(=O)c1cnc(C(=O)NC2CC2)cc1Nc1cc(F)cc(-c2ncn(C3CC3)n2)c1OC. The number of nitrogens with one attached hydrogen (secondary N) is 3. The molecule has 2 aromatic heterocycles. The molecule has 0 bridgehead atoms. The molecule has 2 aliphatic rings. The van der Waals surface area contributed by atoms with E-state index in [4.69, 9.17) is 4.74 Å². The molecule has 182 valence electrons. The summed E-state index contributed by atoms with van der Waals surface area (Å²) in [6.07, 6.45) is 6.91. The van der Waals surface area contributed by atoms with Crippen LogP contribution in [0.2, 0.25) is 0 Å². The van der Waals surface area contributed by atoms with Gasteiger partial charge >= 0.3 is 0 Å². The van der Waals surface area contributed by atoms with Crippen LogP contribution in [0.1, 0.15) is 59.5 Å². The van der Waals surface area contributed by atoms with E-state index in [2.05, 4.69) is 31.0 Å². The lowest BCUT2D eigenvalue weighted by atomic mass is 10.1. The topological polar surface area (TPSA) is 123 Å². The molecular weight excluding hydrogens is 453 g/mol. The molecule has 2 amide bonds. The minimum absolute atomic E-state index is 0.146. The standard InChI is InChI=1S/C24H26FN7O3/c1-3-26-23(33)17-11-27-20(24(34)29-14-4-5-14)10-18(17)30-19-9-13(25)8-16(21(19)35-2)22-28-12-32(31-22)15-6-7-15/h8-12,14-15H,3-7H2,1-2H3,(H,26,33)(H,27,30)(H,29,34). The van der Waals surface area contributed by atoms with E-state index in [1.54, 1.807) is 17.9 Å². The van der Waals surface area contributed by atoms with Gasteiger partial charge in [0.1, 0.15) is 17.8 Å². The maximum absolute atomic E-state index is 14.7. The van der Waals surface area contributed by atoms with Gasteiger partial charge in [-0.05, 0) is 44.7 Å². The van der Waals surface area contributed by atoms with Crippen molar-refractivity contribution < 1.29 is 18.7 Å². The van der Waals surface area contributed by atoms with Crippen molar-refractivity contribution in [1.82, 2.24) is 30.4 Å². The minimum atomic E-state index is -0.536. The van der Waals surface area contributed by atoms with E-state index < -0.39 is 5.82 Å². The van der Waals surface area contributed by atoms with Crippen LogP contribution in [0.3, 0.4) is 0 Å². The number of carbonyl (C=O) groups is 2. The van der Waals surface area contributed by atoms with E-state index in [0.29, 0.717) is 35.4 Å². The quantitative estimate of drug-likeness (QED) is 0.431. The summed E-state index contributed by atoms with van der Waals surface area (Å²) in [7, 11) is 1.46. The number of hydrogen-bond donors (Lipinski definition) is 3. The zero-order valence-electron chi connectivity index (χ0n) is 19.5. The lowest BCUT2D eigenvalue weighted by Crippen LogP contribution is -2.27. The molecule has 3 aromatic rings. The van der Waals surface area contributed by atoms with Gasteiger partial charge in [-0.25, -0.2) is 14.1 Å². The predicted octanol–water partition coefficient (Wildman–Crippen LogP) is 3.21. The molecule has 0 saturated heterocycles. The Morgan fingerprint density at radius 3 is 2.60 bits per heavy atom. The molecule has 2 heterocycles. The fraction of sp³-hybridized carbons (Fsp3) is 0.375. The molecule has 10 nitrogen and oxygen atoms in total. The first-order valence-electron chi connectivity index (χ1n) is 11.6. The third-order valence-corrected chi connectivity index (χ3v) is 5.83. The maximum Gasteiger partial charge on any atom is 0.270 e. The Hall–Kier alpha value is -4.02. The summed E-state index contributed by atoms with van der Waals surface area (Å²) in [4.78, 5) is 33.8. The molecule has 0 unspecified atom stereocenters. The molecule has 11 heteroatoms. The van der Waals surface area contributed by atoms with Gasteiger partial charge in [0.15, 0.2) is 11.6 Å². The van der Waals surface area contributed by atoms with Crippen molar-refractivity contribution in [2.45, 2.75) is 44.7 Å².